The van der Waals surface area contributed by atoms with E-state index < -0.39 is 22.7 Å². The molecule has 0 aromatic heterocycles. The Kier molecular flexibility index (Phi) is 2.93. The van der Waals surface area contributed by atoms with Gasteiger partial charge in [-0.05, 0) is 24.6 Å². The number of rotatable bonds is 3. The molecule has 2 N–H and O–H groups in total. The lowest BCUT2D eigenvalue weighted by Crippen LogP contribution is -2.38. The molecule has 0 amide bonds. The van der Waals surface area contributed by atoms with Crippen molar-refractivity contribution in [2.75, 3.05) is 19.8 Å². The summed E-state index contributed by atoms with van der Waals surface area (Å²) < 4.78 is 16.8. The third kappa shape index (κ3) is 1.40. The van der Waals surface area contributed by atoms with Crippen molar-refractivity contribution in [1.82, 2.24) is 0 Å². The molecule has 4 rings (SSSR count). The number of nitrogens with zero attached hydrogens (tertiary/aromatic N) is 3. The molecule has 2 heterocycles. The Balaban J connectivity index is 1.82. The second kappa shape index (κ2) is 4.70. The summed E-state index contributed by atoms with van der Waals surface area (Å²) in [4.78, 5) is 4.24. The van der Waals surface area contributed by atoms with Gasteiger partial charge in [0.2, 0.25) is 0 Å². The third-order valence-electron chi connectivity index (χ3n) is 5.13. The normalized spacial score (nSPS) is 35.0. The molecule has 1 aliphatic carbocycles. The van der Waals surface area contributed by atoms with Gasteiger partial charge in [-0.1, -0.05) is 12.1 Å². The van der Waals surface area contributed by atoms with E-state index in [0.29, 0.717) is 19.8 Å². The zero-order chi connectivity index (χ0) is 17.0. The smallest absolute Gasteiger partial charge is 0.293 e. The summed E-state index contributed by atoms with van der Waals surface area (Å²) in [5, 5.41) is 19.8. The van der Waals surface area contributed by atoms with Crippen LogP contribution in [-0.2, 0) is 9.47 Å². The van der Waals surface area contributed by atoms with Gasteiger partial charge in [0.05, 0.1) is 32.0 Å². The van der Waals surface area contributed by atoms with Crippen LogP contribution in [0.4, 0.5) is 0 Å². The van der Waals surface area contributed by atoms with Gasteiger partial charge >= 0.3 is 0 Å². The second-order valence-corrected chi connectivity index (χ2v) is 6.05. The molecule has 1 spiro atoms. The summed E-state index contributed by atoms with van der Waals surface area (Å²) >= 11 is 0. The van der Waals surface area contributed by atoms with Crippen LogP contribution < -0.4 is 10.5 Å². The predicted molar refractivity (Wildman–Crippen MR) is 82.7 cm³/mol. The number of ether oxygens (including phenoxy) is 3. The van der Waals surface area contributed by atoms with Crippen LogP contribution in [0.5, 0.6) is 5.75 Å². The van der Waals surface area contributed by atoms with Crippen molar-refractivity contribution in [2.45, 2.75) is 18.8 Å². The van der Waals surface area contributed by atoms with Crippen LogP contribution in [-0.4, -0.2) is 31.6 Å². The lowest BCUT2D eigenvalue weighted by Gasteiger charge is -2.25. The van der Waals surface area contributed by atoms with Crippen LogP contribution in [0.1, 0.15) is 18.4 Å². The summed E-state index contributed by atoms with van der Waals surface area (Å²) in [6.45, 7) is 3.11. The van der Waals surface area contributed by atoms with Gasteiger partial charge in [-0.15, -0.1) is 0 Å². The van der Waals surface area contributed by atoms with E-state index in [2.05, 4.69) is 17.1 Å². The molecule has 1 aromatic rings. The van der Waals surface area contributed by atoms with Gasteiger partial charge in [0.1, 0.15) is 17.0 Å². The summed E-state index contributed by atoms with van der Waals surface area (Å²) in [6.07, 6.45) is 0. The van der Waals surface area contributed by atoms with Crippen LogP contribution in [0.3, 0.4) is 0 Å². The maximum Gasteiger partial charge on any atom is 0.293 e. The molecule has 24 heavy (non-hydrogen) atoms. The summed E-state index contributed by atoms with van der Waals surface area (Å²) in [7, 11) is 0. The molecule has 0 radical (unpaired) electrons. The van der Waals surface area contributed by atoms with Crippen LogP contribution in [0.2, 0.25) is 0 Å². The summed E-state index contributed by atoms with van der Waals surface area (Å²) in [5.74, 6) is -1.10. The highest BCUT2D eigenvalue weighted by Crippen LogP contribution is 2.82. The molecule has 7 heteroatoms. The Morgan fingerprint density at radius 1 is 1.25 bits per heavy atom. The number of hydrogen-bond donors (Lipinski definition) is 1. The van der Waals surface area contributed by atoms with E-state index in [9.17, 15) is 10.5 Å². The van der Waals surface area contributed by atoms with E-state index in [1.165, 1.54) is 0 Å². The first kappa shape index (κ1) is 14.9. The molecule has 1 aromatic carbocycles. The molecule has 0 unspecified atom stereocenters. The van der Waals surface area contributed by atoms with E-state index in [1.807, 2.05) is 31.2 Å². The van der Waals surface area contributed by atoms with E-state index in [-0.39, 0.29) is 5.84 Å². The minimum absolute atomic E-state index is 0.104. The zero-order valence-corrected chi connectivity index (χ0v) is 13.2. The maximum absolute atomic E-state index is 9.96. The second-order valence-electron chi connectivity index (χ2n) is 6.05. The number of amidine groups is 1. The van der Waals surface area contributed by atoms with Gasteiger partial charge in [-0.3, -0.25) is 0 Å². The molecule has 3 atom stereocenters. The van der Waals surface area contributed by atoms with Crippen molar-refractivity contribution in [3.63, 3.8) is 0 Å². The minimum atomic E-state index is -1.48. The Morgan fingerprint density at radius 3 is 2.46 bits per heavy atom. The highest BCUT2D eigenvalue weighted by molar-refractivity contribution is 6.00. The van der Waals surface area contributed by atoms with Crippen LogP contribution >= 0.6 is 0 Å². The molecular formula is C17H16N4O3. The zero-order valence-electron chi connectivity index (χ0n) is 13.2. The molecule has 122 valence electrons. The number of benzene rings is 1. The van der Waals surface area contributed by atoms with Crippen molar-refractivity contribution in [3.8, 4) is 17.9 Å². The fourth-order valence-corrected chi connectivity index (χ4v) is 4.14. The molecule has 7 nitrogen and oxygen atoms in total. The monoisotopic (exact) mass is 324 g/mol. The Hall–Kier alpha value is -2.61. The number of nitriles is 2. The summed E-state index contributed by atoms with van der Waals surface area (Å²) in [5.41, 5.74) is 4.41. The predicted octanol–water partition coefficient (Wildman–Crippen LogP) is 1.27. The van der Waals surface area contributed by atoms with Crippen molar-refractivity contribution in [1.29, 1.82) is 10.5 Å². The van der Waals surface area contributed by atoms with Gasteiger partial charge in [0.15, 0.2) is 5.41 Å². The molecule has 2 fully saturated rings. The highest BCUT2D eigenvalue weighted by atomic mass is 16.8. The number of hydrogen-bond acceptors (Lipinski definition) is 7. The average molecular weight is 324 g/mol. The van der Waals surface area contributed by atoms with E-state index in [1.54, 1.807) is 0 Å². The van der Waals surface area contributed by atoms with E-state index in [0.717, 1.165) is 11.3 Å². The van der Waals surface area contributed by atoms with Gasteiger partial charge in [0, 0.05) is 5.92 Å². The van der Waals surface area contributed by atoms with Crippen molar-refractivity contribution < 1.29 is 14.2 Å². The van der Waals surface area contributed by atoms with Crippen molar-refractivity contribution >= 4 is 5.84 Å². The Bertz CT molecular complexity index is 801. The minimum Gasteiger partial charge on any atom is -0.494 e. The van der Waals surface area contributed by atoms with E-state index in [4.69, 9.17) is 19.9 Å². The third-order valence-corrected chi connectivity index (χ3v) is 5.13. The largest absolute Gasteiger partial charge is 0.494 e. The number of nitrogens with two attached hydrogens (primary N) is 1. The molecular weight excluding hydrogens is 308 g/mol. The molecule has 1 saturated carbocycles. The van der Waals surface area contributed by atoms with Gasteiger partial charge in [0.25, 0.3) is 5.91 Å². The standard InChI is InChI=1S/C17H16N4O3/c1-2-22-12-5-3-11(4-6-12)13-15(9-18)14(20)21-17(16(13,15)10-19)23-7-8-24-17/h3-6,13H,2,7-8H2,1H3,(H2,20,21)/t13-,15-,16+/m0/s1. The number of fused-ring (bicyclic) bond motifs is 2. The lowest BCUT2D eigenvalue weighted by atomic mass is 9.94. The molecule has 2 aliphatic heterocycles. The maximum atomic E-state index is 9.96. The molecule has 0 bridgehead atoms. The quantitative estimate of drug-likeness (QED) is 0.895. The van der Waals surface area contributed by atoms with Crippen LogP contribution in [0.25, 0.3) is 0 Å². The fourth-order valence-electron chi connectivity index (χ4n) is 4.14. The fraction of sp³-hybridized carbons (Fsp3) is 0.471. The first-order chi connectivity index (χ1) is 11.6. The van der Waals surface area contributed by atoms with Crippen LogP contribution in [0, 0.1) is 33.5 Å². The van der Waals surface area contributed by atoms with Crippen molar-refractivity contribution in [2.24, 2.45) is 21.6 Å². The van der Waals surface area contributed by atoms with Gasteiger partial charge < -0.3 is 19.9 Å². The average Bonchev–Trinajstić information content (AvgIpc) is 2.84. The van der Waals surface area contributed by atoms with Gasteiger partial charge in [-0.25, -0.2) is 4.99 Å². The topological polar surface area (TPSA) is 114 Å². The SMILES string of the molecule is CCOc1ccc([C@@H]2[C@@]3(C#N)C4(N=C(N)[C@]23C#N)OCCO4)cc1. The van der Waals surface area contributed by atoms with Crippen molar-refractivity contribution in [3.05, 3.63) is 29.8 Å². The molecule has 3 aliphatic rings. The lowest BCUT2D eigenvalue weighted by molar-refractivity contribution is -0.184. The summed E-state index contributed by atoms with van der Waals surface area (Å²) in [6, 6.07) is 11.8. The molecule has 1 saturated heterocycles. The highest BCUT2D eigenvalue weighted by Gasteiger charge is 2.94. The first-order valence-corrected chi connectivity index (χ1v) is 7.81. The Labute approximate surface area is 139 Å². The Morgan fingerprint density at radius 2 is 1.92 bits per heavy atom. The van der Waals surface area contributed by atoms with Crippen LogP contribution in [0.15, 0.2) is 29.3 Å². The first-order valence-electron chi connectivity index (χ1n) is 7.81. The van der Waals surface area contributed by atoms with Gasteiger partial charge in [-0.2, -0.15) is 10.5 Å². The van der Waals surface area contributed by atoms with E-state index >= 15 is 0 Å². The number of aliphatic imine (C=N–C) groups is 1.